The second-order valence-corrected chi connectivity index (χ2v) is 10.6. The number of aromatic nitrogens is 1. The van der Waals surface area contributed by atoms with Crippen LogP contribution in [0.2, 0.25) is 0 Å². The second-order valence-electron chi connectivity index (χ2n) is 10.6. The largest absolute Gasteiger partial charge is 0.464 e. The maximum Gasteiger partial charge on any atom is 0.328 e. The van der Waals surface area contributed by atoms with Crippen LogP contribution in [0.4, 0.5) is 0 Å². The maximum absolute atomic E-state index is 13.6. The lowest BCUT2D eigenvalue weighted by Crippen LogP contribution is -2.55. The molecular weight excluding hydrogens is 526 g/mol. The number of aliphatic imine (C=N–C) groups is 1. The molecule has 3 rings (SSSR count). The Bertz CT molecular complexity index is 1220. The molecule has 2 aromatic rings. The zero-order valence-corrected chi connectivity index (χ0v) is 23.7. The van der Waals surface area contributed by atoms with Crippen LogP contribution in [0.25, 0.3) is 10.9 Å². The van der Waals surface area contributed by atoms with Gasteiger partial charge in [0.05, 0.1) is 18.2 Å². The Morgan fingerprint density at radius 1 is 1.10 bits per heavy atom. The van der Waals surface area contributed by atoms with Crippen molar-refractivity contribution in [3.63, 3.8) is 0 Å². The molecule has 224 valence electrons. The van der Waals surface area contributed by atoms with E-state index in [2.05, 4.69) is 15.6 Å². The average molecular weight is 570 g/mol. The molecule has 1 aliphatic carbocycles. The minimum absolute atomic E-state index is 0.0662. The number of hydrogen-bond acceptors (Lipinski definition) is 7. The van der Waals surface area contributed by atoms with Crippen LogP contribution >= 0.6 is 0 Å². The van der Waals surface area contributed by atoms with E-state index in [0.717, 1.165) is 31.1 Å². The number of hydrogen-bond donors (Lipinski definition) is 5. The van der Waals surface area contributed by atoms with Crippen molar-refractivity contribution in [3.05, 3.63) is 36.0 Å². The van der Waals surface area contributed by atoms with E-state index in [1.165, 1.54) is 11.0 Å². The SMILES string of the molecule is CCOC(=O)[C@H](CCCN=C(N)N)NC(=O)C(Cc1cn(C=O)c2ccccc12)NC(=O)[C@H](N)CC1CCCCC1. The number of benzene rings is 1. The number of guanidine groups is 1. The first-order valence-electron chi connectivity index (χ1n) is 14.4. The Balaban J connectivity index is 1.82. The summed E-state index contributed by atoms with van der Waals surface area (Å²) >= 11 is 0. The Morgan fingerprint density at radius 2 is 1.80 bits per heavy atom. The highest BCUT2D eigenvalue weighted by Gasteiger charge is 2.30. The lowest BCUT2D eigenvalue weighted by atomic mass is 9.85. The molecule has 1 aromatic carbocycles. The fraction of sp³-hybridized carbons (Fsp3) is 0.552. The van der Waals surface area contributed by atoms with Crippen LogP contribution in [-0.2, 0) is 30.3 Å². The number of fused-ring (bicyclic) bond motifs is 1. The van der Waals surface area contributed by atoms with E-state index in [9.17, 15) is 19.2 Å². The summed E-state index contributed by atoms with van der Waals surface area (Å²) in [7, 11) is 0. The monoisotopic (exact) mass is 569 g/mol. The van der Waals surface area contributed by atoms with E-state index in [0.29, 0.717) is 36.2 Å². The quantitative estimate of drug-likeness (QED) is 0.0691. The number of nitrogens with zero attached hydrogens (tertiary/aromatic N) is 2. The van der Waals surface area contributed by atoms with Gasteiger partial charge in [-0.25, -0.2) is 4.79 Å². The number of nitrogens with two attached hydrogens (primary N) is 3. The molecule has 41 heavy (non-hydrogen) atoms. The molecule has 2 amide bonds. The number of carbonyl (C=O) groups excluding carboxylic acids is 4. The zero-order chi connectivity index (χ0) is 29.8. The molecule has 0 bridgehead atoms. The fourth-order valence-electron chi connectivity index (χ4n) is 5.39. The van der Waals surface area contributed by atoms with Crippen molar-refractivity contribution in [2.24, 2.45) is 28.1 Å². The maximum atomic E-state index is 13.6. The molecular formula is C29H43N7O5. The van der Waals surface area contributed by atoms with Crippen LogP contribution in [0.1, 0.15) is 63.9 Å². The van der Waals surface area contributed by atoms with Crippen LogP contribution < -0.4 is 27.8 Å². The molecule has 1 aliphatic rings. The Morgan fingerprint density at radius 3 is 2.49 bits per heavy atom. The van der Waals surface area contributed by atoms with Crippen LogP contribution in [0.5, 0.6) is 0 Å². The summed E-state index contributed by atoms with van der Waals surface area (Å²) in [6.45, 7) is 2.09. The molecule has 0 radical (unpaired) electrons. The third kappa shape index (κ3) is 9.31. The summed E-state index contributed by atoms with van der Waals surface area (Å²) in [4.78, 5) is 55.2. The third-order valence-electron chi connectivity index (χ3n) is 7.48. The molecule has 0 spiro atoms. The van der Waals surface area contributed by atoms with Gasteiger partial charge in [0.2, 0.25) is 18.2 Å². The number of nitrogens with one attached hydrogen (secondary N) is 2. The van der Waals surface area contributed by atoms with Gasteiger partial charge < -0.3 is 32.6 Å². The standard InChI is InChI=1S/C29H43N7O5/c1-2-41-28(40)23(12-8-14-33-29(31)32)34-27(39)24(35-26(38)22(30)15-19-9-4-3-5-10-19)16-20-17-36(18-37)25-13-7-6-11-21(20)25/h6-7,11,13,17-19,22-24H,2-5,8-10,12,14-16,30H2,1H3,(H,34,39)(H,35,38)(H4,31,32,33)/t22-,23+,24?/m1/s1. The van der Waals surface area contributed by atoms with E-state index in [-0.39, 0.29) is 32.0 Å². The van der Waals surface area contributed by atoms with Gasteiger partial charge in [-0.2, -0.15) is 0 Å². The van der Waals surface area contributed by atoms with E-state index in [1.54, 1.807) is 19.2 Å². The lowest BCUT2D eigenvalue weighted by Gasteiger charge is -2.26. The molecule has 1 heterocycles. The Hall–Kier alpha value is -3.93. The van der Waals surface area contributed by atoms with Crippen molar-refractivity contribution >= 4 is 41.1 Å². The minimum Gasteiger partial charge on any atom is -0.464 e. The predicted octanol–water partition coefficient (Wildman–Crippen LogP) is 1.11. The number of para-hydroxylation sites is 1. The van der Waals surface area contributed by atoms with Crippen LogP contribution in [0.15, 0.2) is 35.5 Å². The van der Waals surface area contributed by atoms with E-state index < -0.39 is 35.9 Å². The van der Waals surface area contributed by atoms with Gasteiger partial charge in [0, 0.05) is 24.5 Å². The smallest absolute Gasteiger partial charge is 0.328 e. The van der Waals surface area contributed by atoms with E-state index >= 15 is 0 Å². The first-order chi connectivity index (χ1) is 19.7. The molecule has 1 saturated carbocycles. The number of ether oxygens (including phenoxy) is 1. The van der Waals surface area contributed by atoms with Gasteiger partial charge in [0.15, 0.2) is 5.96 Å². The van der Waals surface area contributed by atoms with Gasteiger partial charge >= 0.3 is 5.97 Å². The van der Waals surface area contributed by atoms with Gasteiger partial charge in [-0.05, 0) is 43.7 Å². The second kappa shape index (κ2) is 15.8. The van der Waals surface area contributed by atoms with Gasteiger partial charge in [0.1, 0.15) is 12.1 Å². The van der Waals surface area contributed by atoms with Crippen molar-refractivity contribution in [3.8, 4) is 0 Å². The van der Waals surface area contributed by atoms with Gasteiger partial charge in [0.25, 0.3) is 0 Å². The zero-order valence-electron chi connectivity index (χ0n) is 23.7. The molecule has 0 aliphatic heterocycles. The third-order valence-corrected chi connectivity index (χ3v) is 7.48. The number of carbonyl (C=O) groups is 4. The van der Waals surface area contributed by atoms with Crippen LogP contribution in [0, 0.1) is 5.92 Å². The van der Waals surface area contributed by atoms with Crippen LogP contribution in [-0.4, -0.2) is 66.0 Å². The van der Waals surface area contributed by atoms with Crippen molar-refractivity contribution in [1.29, 1.82) is 0 Å². The molecule has 0 saturated heterocycles. The first-order valence-corrected chi connectivity index (χ1v) is 14.4. The van der Waals surface area contributed by atoms with Gasteiger partial charge in [-0.15, -0.1) is 0 Å². The van der Waals surface area contributed by atoms with Gasteiger partial charge in [-0.1, -0.05) is 50.3 Å². The molecule has 8 N–H and O–H groups in total. The molecule has 1 unspecified atom stereocenters. The topological polar surface area (TPSA) is 197 Å². The first kappa shape index (κ1) is 31.6. The normalized spacial score (nSPS) is 15.9. The Kier molecular flexibility index (Phi) is 12.1. The molecule has 1 aromatic heterocycles. The summed E-state index contributed by atoms with van der Waals surface area (Å²) in [5.74, 6) is -1.28. The van der Waals surface area contributed by atoms with E-state index in [1.807, 2.05) is 18.2 Å². The van der Waals surface area contributed by atoms with Crippen molar-refractivity contribution in [2.45, 2.75) is 82.8 Å². The number of amides is 2. The molecule has 12 nitrogen and oxygen atoms in total. The van der Waals surface area contributed by atoms with Gasteiger partial charge in [-0.3, -0.25) is 23.9 Å². The molecule has 12 heteroatoms. The average Bonchev–Trinajstić information content (AvgIpc) is 3.32. The van der Waals surface area contributed by atoms with Crippen LogP contribution in [0.3, 0.4) is 0 Å². The lowest BCUT2D eigenvalue weighted by molar-refractivity contribution is -0.147. The number of rotatable bonds is 15. The van der Waals surface area contributed by atoms with Crippen molar-refractivity contribution in [2.75, 3.05) is 13.2 Å². The highest BCUT2D eigenvalue weighted by Crippen LogP contribution is 2.27. The highest BCUT2D eigenvalue weighted by atomic mass is 16.5. The summed E-state index contributed by atoms with van der Waals surface area (Å²) < 4.78 is 6.60. The molecule has 3 atom stereocenters. The van der Waals surface area contributed by atoms with Crippen molar-refractivity contribution < 1.29 is 23.9 Å². The summed E-state index contributed by atoms with van der Waals surface area (Å²) in [5.41, 5.74) is 18.4. The highest BCUT2D eigenvalue weighted by molar-refractivity contribution is 5.94. The molecule has 1 fully saturated rings. The summed E-state index contributed by atoms with van der Waals surface area (Å²) in [6, 6.07) is 4.50. The fourth-order valence-corrected chi connectivity index (χ4v) is 5.39. The number of esters is 1. The minimum atomic E-state index is -1.06. The van der Waals surface area contributed by atoms with Crippen molar-refractivity contribution in [1.82, 2.24) is 15.2 Å². The van der Waals surface area contributed by atoms with E-state index in [4.69, 9.17) is 21.9 Å². The summed E-state index contributed by atoms with van der Waals surface area (Å²) in [6.07, 6.45) is 9.13. The summed E-state index contributed by atoms with van der Waals surface area (Å²) in [5, 5.41) is 6.35. The predicted molar refractivity (Wildman–Crippen MR) is 157 cm³/mol. The Labute approximate surface area is 240 Å².